The first-order valence-corrected chi connectivity index (χ1v) is 11.7. The van der Waals surface area contributed by atoms with Crippen LogP contribution in [-0.4, -0.2) is 54.3 Å². The summed E-state index contributed by atoms with van der Waals surface area (Å²) in [6.45, 7) is 0.390. The maximum atomic E-state index is 13.5. The molecule has 0 atom stereocenters. The molecule has 0 N–H and O–H groups in total. The van der Waals surface area contributed by atoms with E-state index in [1.165, 1.54) is 15.5 Å². The van der Waals surface area contributed by atoms with Crippen LogP contribution in [0.2, 0.25) is 0 Å². The normalized spacial score (nSPS) is 14.9. The Morgan fingerprint density at radius 1 is 0.879 bits per heavy atom. The smallest absolute Gasteiger partial charge is 0.263 e. The van der Waals surface area contributed by atoms with Crippen molar-refractivity contribution in [2.24, 2.45) is 0 Å². The molecule has 1 saturated heterocycles. The highest BCUT2D eigenvalue weighted by atomic mass is 32.2. The van der Waals surface area contributed by atoms with E-state index in [9.17, 15) is 26.8 Å². The largest absolute Gasteiger partial charge is 0.336 e. The van der Waals surface area contributed by atoms with Gasteiger partial charge in [-0.3, -0.25) is 9.59 Å². The number of sulfonamides is 1. The molecule has 0 radical (unpaired) electrons. The van der Waals surface area contributed by atoms with E-state index >= 15 is 0 Å². The van der Waals surface area contributed by atoms with Gasteiger partial charge in [-0.15, -0.1) is 0 Å². The van der Waals surface area contributed by atoms with E-state index in [4.69, 9.17) is 0 Å². The molecule has 0 unspecified atom stereocenters. The average Bonchev–Trinajstić information content (AvgIpc) is 2.82. The molecule has 2 aromatic carbocycles. The highest BCUT2D eigenvalue weighted by Crippen LogP contribution is 2.20. The summed E-state index contributed by atoms with van der Waals surface area (Å²) in [6, 6.07) is 14.9. The Morgan fingerprint density at radius 2 is 1.58 bits per heavy atom. The van der Waals surface area contributed by atoms with Crippen LogP contribution in [0.15, 0.2) is 76.6 Å². The molecule has 3 aromatic rings. The summed E-state index contributed by atoms with van der Waals surface area (Å²) in [4.78, 5) is 26.9. The van der Waals surface area contributed by atoms with Crippen molar-refractivity contribution in [2.75, 3.05) is 26.2 Å². The van der Waals surface area contributed by atoms with Gasteiger partial charge in [-0.25, -0.2) is 17.2 Å². The Hall–Kier alpha value is -3.37. The van der Waals surface area contributed by atoms with Crippen LogP contribution in [0.25, 0.3) is 0 Å². The minimum atomic E-state index is -4.04. The van der Waals surface area contributed by atoms with Gasteiger partial charge in [0, 0.05) is 32.4 Å². The monoisotopic (exact) mass is 473 g/mol. The molecule has 0 saturated carbocycles. The number of benzene rings is 2. The molecule has 2 heterocycles. The molecule has 1 aromatic heterocycles. The Balaban J connectivity index is 1.47. The molecule has 0 spiro atoms. The molecular weight excluding hydrogens is 452 g/mol. The Kier molecular flexibility index (Phi) is 6.39. The van der Waals surface area contributed by atoms with Crippen LogP contribution in [0, 0.1) is 11.6 Å². The molecule has 1 fully saturated rings. The summed E-state index contributed by atoms with van der Waals surface area (Å²) in [7, 11) is -4.04. The summed E-state index contributed by atoms with van der Waals surface area (Å²) in [6.07, 6.45) is 1.61. The molecule has 0 aliphatic carbocycles. The second-order valence-electron chi connectivity index (χ2n) is 7.61. The van der Waals surface area contributed by atoms with Gasteiger partial charge in [-0.1, -0.05) is 30.3 Å². The van der Waals surface area contributed by atoms with Gasteiger partial charge in [0.05, 0.1) is 11.4 Å². The van der Waals surface area contributed by atoms with E-state index in [1.807, 2.05) is 30.3 Å². The predicted octanol–water partition coefficient (Wildman–Crippen LogP) is 2.32. The van der Waals surface area contributed by atoms with Crippen molar-refractivity contribution in [3.05, 3.63) is 100.0 Å². The first-order chi connectivity index (χ1) is 15.8. The number of hydrogen-bond acceptors (Lipinski definition) is 4. The lowest BCUT2D eigenvalue weighted by Gasteiger charge is -2.34. The summed E-state index contributed by atoms with van der Waals surface area (Å²) < 4.78 is 54.7. The number of halogens is 2. The molecule has 0 bridgehead atoms. The van der Waals surface area contributed by atoms with Crippen molar-refractivity contribution in [2.45, 2.75) is 11.4 Å². The Morgan fingerprint density at radius 3 is 2.24 bits per heavy atom. The van der Waals surface area contributed by atoms with Crippen LogP contribution in [0.3, 0.4) is 0 Å². The van der Waals surface area contributed by atoms with Gasteiger partial charge in [0.2, 0.25) is 10.0 Å². The SMILES string of the molecule is O=C(c1cccn(Cc2ccccc2)c1=O)N1CCN(S(=O)(=O)c2ccc(F)c(F)c2)CC1. The van der Waals surface area contributed by atoms with Crippen LogP contribution in [0.5, 0.6) is 0 Å². The topological polar surface area (TPSA) is 79.7 Å². The third kappa shape index (κ3) is 4.71. The van der Waals surface area contributed by atoms with Crippen LogP contribution in [0.1, 0.15) is 15.9 Å². The molecule has 7 nitrogen and oxygen atoms in total. The number of piperazine rings is 1. The molecule has 1 amide bonds. The number of aromatic nitrogens is 1. The van der Waals surface area contributed by atoms with Crippen molar-refractivity contribution in [1.29, 1.82) is 0 Å². The second kappa shape index (κ2) is 9.24. The summed E-state index contributed by atoms with van der Waals surface area (Å²) in [5.74, 6) is -2.86. The van der Waals surface area contributed by atoms with E-state index in [0.717, 1.165) is 22.0 Å². The lowest BCUT2D eigenvalue weighted by molar-refractivity contribution is 0.0695. The Labute approximate surface area is 189 Å². The van der Waals surface area contributed by atoms with E-state index in [-0.39, 0.29) is 36.6 Å². The minimum Gasteiger partial charge on any atom is -0.336 e. The minimum absolute atomic E-state index is 0.00495. The van der Waals surface area contributed by atoms with Crippen molar-refractivity contribution in [3.63, 3.8) is 0 Å². The molecule has 33 heavy (non-hydrogen) atoms. The number of hydrogen-bond donors (Lipinski definition) is 0. The number of rotatable bonds is 5. The molecule has 172 valence electrons. The molecule has 10 heteroatoms. The fourth-order valence-electron chi connectivity index (χ4n) is 3.69. The van der Waals surface area contributed by atoms with Gasteiger partial charge in [0.25, 0.3) is 11.5 Å². The molecular formula is C23H21F2N3O4S. The van der Waals surface area contributed by atoms with Crippen molar-refractivity contribution < 1.29 is 22.0 Å². The van der Waals surface area contributed by atoms with Gasteiger partial charge >= 0.3 is 0 Å². The second-order valence-corrected chi connectivity index (χ2v) is 9.55. The number of nitrogens with zero attached hydrogens (tertiary/aromatic N) is 3. The number of amides is 1. The average molecular weight is 474 g/mol. The zero-order chi connectivity index (χ0) is 23.6. The van der Waals surface area contributed by atoms with Gasteiger partial charge < -0.3 is 9.47 Å². The summed E-state index contributed by atoms with van der Waals surface area (Å²) >= 11 is 0. The van der Waals surface area contributed by atoms with Crippen LogP contribution in [-0.2, 0) is 16.6 Å². The Bertz CT molecular complexity index is 1340. The zero-order valence-corrected chi connectivity index (χ0v) is 18.3. The van der Waals surface area contributed by atoms with Crippen molar-refractivity contribution in [1.82, 2.24) is 13.8 Å². The van der Waals surface area contributed by atoms with E-state index in [1.54, 1.807) is 12.3 Å². The fourth-order valence-corrected chi connectivity index (χ4v) is 5.13. The zero-order valence-electron chi connectivity index (χ0n) is 17.5. The maximum absolute atomic E-state index is 13.5. The van der Waals surface area contributed by atoms with Gasteiger partial charge in [-0.05, 0) is 35.9 Å². The van der Waals surface area contributed by atoms with Crippen LogP contribution >= 0.6 is 0 Å². The first-order valence-electron chi connectivity index (χ1n) is 10.3. The van der Waals surface area contributed by atoms with E-state index in [0.29, 0.717) is 12.6 Å². The summed E-state index contributed by atoms with van der Waals surface area (Å²) in [5, 5.41) is 0. The third-order valence-electron chi connectivity index (χ3n) is 5.50. The van der Waals surface area contributed by atoms with E-state index < -0.39 is 33.1 Å². The standard InChI is InChI=1S/C23H21F2N3O4S/c24-20-9-8-18(15-21(20)25)33(31,32)28-13-11-26(12-14-28)22(29)19-7-4-10-27(23(19)30)16-17-5-2-1-3-6-17/h1-10,15H,11-14,16H2. The summed E-state index contributed by atoms with van der Waals surface area (Å²) in [5.41, 5.74) is 0.494. The molecule has 4 rings (SSSR count). The first kappa shape index (κ1) is 22.8. The quantitative estimate of drug-likeness (QED) is 0.570. The van der Waals surface area contributed by atoms with Crippen molar-refractivity contribution in [3.8, 4) is 0 Å². The fraction of sp³-hybridized carbons (Fsp3) is 0.217. The van der Waals surface area contributed by atoms with Gasteiger partial charge in [0.15, 0.2) is 11.6 Å². The molecule has 1 aliphatic rings. The predicted molar refractivity (Wildman–Crippen MR) is 117 cm³/mol. The third-order valence-corrected chi connectivity index (χ3v) is 7.40. The lowest BCUT2D eigenvalue weighted by atomic mass is 10.2. The molecule has 1 aliphatic heterocycles. The van der Waals surface area contributed by atoms with Gasteiger partial charge in [-0.2, -0.15) is 4.31 Å². The van der Waals surface area contributed by atoms with Crippen LogP contribution < -0.4 is 5.56 Å². The highest BCUT2D eigenvalue weighted by molar-refractivity contribution is 7.89. The lowest BCUT2D eigenvalue weighted by Crippen LogP contribution is -2.51. The van der Waals surface area contributed by atoms with E-state index in [2.05, 4.69) is 0 Å². The van der Waals surface area contributed by atoms with Crippen molar-refractivity contribution >= 4 is 15.9 Å². The number of carbonyl (C=O) groups excluding carboxylic acids is 1. The number of pyridine rings is 1. The highest BCUT2D eigenvalue weighted by Gasteiger charge is 2.31. The maximum Gasteiger partial charge on any atom is 0.263 e. The van der Waals surface area contributed by atoms with Crippen LogP contribution in [0.4, 0.5) is 8.78 Å². The number of carbonyl (C=O) groups is 1. The van der Waals surface area contributed by atoms with Gasteiger partial charge in [0.1, 0.15) is 5.56 Å².